The van der Waals surface area contributed by atoms with Gasteiger partial charge in [0.2, 0.25) is 0 Å². The minimum absolute atomic E-state index is 0.193. The number of imide groups is 1. The van der Waals surface area contributed by atoms with Crippen molar-refractivity contribution in [1.29, 1.82) is 0 Å². The van der Waals surface area contributed by atoms with Crippen molar-refractivity contribution in [2.75, 3.05) is 39.3 Å². The van der Waals surface area contributed by atoms with E-state index in [1.54, 1.807) is 28.1 Å². The molecule has 1 saturated heterocycles. The van der Waals surface area contributed by atoms with Crippen LogP contribution in [0.1, 0.15) is 20.7 Å². The van der Waals surface area contributed by atoms with Gasteiger partial charge in [0, 0.05) is 0 Å². The molecule has 1 aromatic rings. The Labute approximate surface area is 154 Å². The molecule has 5 nitrogen and oxygen atoms in total. The molecule has 0 bridgehead atoms. The molecule has 3 aliphatic rings. The summed E-state index contributed by atoms with van der Waals surface area (Å²) in [5.74, 6) is -0.385. The van der Waals surface area contributed by atoms with Crippen molar-refractivity contribution >= 4 is 33.9 Å². The first-order valence-electron chi connectivity index (χ1n) is 8.60. The molecule has 0 unspecified atom stereocenters. The SMILES string of the molecule is O=C1c2ccccc2C(=O)N1CCN1CCN(C2=[CH][In]([F])[CH]=C2)CC1. The first-order valence-corrected chi connectivity index (χ1v) is 13.7. The second-order valence-corrected chi connectivity index (χ2v) is 11.1. The van der Waals surface area contributed by atoms with Crippen molar-refractivity contribution in [2.24, 2.45) is 0 Å². The Kier molecular flexibility index (Phi) is 4.69. The van der Waals surface area contributed by atoms with Crippen molar-refractivity contribution in [3.8, 4) is 0 Å². The molecule has 1 aromatic carbocycles. The van der Waals surface area contributed by atoms with E-state index in [4.69, 9.17) is 0 Å². The molecule has 3 heterocycles. The normalized spacial score (nSPS) is 20.5. The fourth-order valence-electron chi connectivity index (χ4n) is 3.59. The molecule has 1 fully saturated rings. The maximum absolute atomic E-state index is 13.4. The Balaban J connectivity index is 1.31. The molecule has 0 atom stereocenters. The summed E-state index contributed by atoms with van der Waals surface area (Å²) in [6.07, 6.45) is 1.93. The third kappa shape index (κ3) is 3.27. The van der Waals surface area contributed by atoms with E-state index in [9.17, 15) is 12.3 Å². The van der Waals surface area contributed by atoms with Crippen LogP contribution >= 0.6 is 0 Å². The molecule has 0 spiro atoms. The summed E-state index contributed by atoms with van der Waals surface area (Å²) in [6, 6.07) is 6.98. The molecule has 0 aromatic heterocycles. The molecule has 128 valence electrons. The van der Waals surface area contributed by atoms with E-state index >= 15 is 0 Å². The quantitative estimate of drug-likeness (QED) is 0.661. The summed E-state index contributed by atoms with van der Waals surface area (Å²) in [5, 5.41) is 0. The van der Waals surface area contributed by atoms with E-state index in [1.165, 1.54) is 4.90 Å². The van der Waals surface area contributed by atoms with Crippen molar-refractivity contribution in [3.05, 3.63) is 54.8 Å². The number of carbonyl (C=O) groups excluding carboxylic acids is 2. The van der Waals surface area contributed by atoms with Gasteiger partial charge < -0.3 is 0 Å². The van der Waals surface area contributed by atoms with E-state index in [0.717, 1.165) is 31.9 Å². The Morgan fingerprint density at radius 3 is 2.16 bits per heavy atom. The Morgan fingerprint density at radius 1 is 0.960 bits per heavy atom. The van der Waals surface area contributed by atoms with Crippen molar-refractivity contribution in [3.63, 3.8) is 0 Å². The van der Waals surface area contributed by atoms with Crippen molar-refractivity contribution in [1.82, 2.24) is 14.7 Å². The number of halogens is 1. The van der Waals surface area contributed by atoms with Gasteiger partial charge in [0.05, 0.1) is 0 Å². The predicted octanol–water partition coefficient (Wildman–Crippen LogP) is 1.39. The Hall–Kier alpha value is -1.60. The zero-order valence-electron chi connectivity index (χ0n) is 13.9. The number of fused-ring (bicyclic) bond motifs is 1. The minimum atomic E-state index is -2.90. The molecule has 25 heavy (non-hydrogen) atoms. The summed E-state index contributed by atoms with van der Waals surface area (Å²) >= 11 is -2.90. The van der Waals surface area contributed by atoms with Gasteiger partial charge in [-0.15, -0.1) is 0 Å². The average molecular weight is 443 g/mol. The summed E-state index contributed by atoms with van der Waals surface area (Å²) < 4.78 is 17.0. The number of amides is 2. The number of hydrogen-bond donors (Lipinski definition) is 0. The molecule has 0 N–H and O–H groups in total. The van der Waals surface area contributed by atoms with Crippen molar-refractivity contribution < 1.29 is 12.3 Å². The summed E-state index contributed by atoms with van der Waals surface area (Å²) in [5.41, 5.74) is 2.05. The number of benzene rings is 1. The number of piperazine rings is 1. The molecular weight excluding hydrogens is 424 g/mol. The number of hydrogen-bond acceptors (Lipinski definition) is 4. The van der Waals surface area contributed by atoms with Gasteiger partial charge >= 0.3 is 143 Å². The van der Waals surface area contributed by atoms with Crippen LogP contribution in [0.2, 0.25) is 0 Å². The number of rotatable bonds is 4. The molecule has 3 aliphatic heterocycles. The van der Waals surface area contributed by atoms with Gasteiger partial charge in [-0.25, -0.2) is 0 Å². The standard InChI is InChI=1S/C18H19N3O2.FH.In/c1-3-14(2)20-11-8-19(9-12-20)10-13-21-17(22)15-6-4-5-7-16(15)18(21)23;;/h1-7H,8-13H2;1H;/q;;+1/p-1. The number of nitrogens with zero attached hydrogens (tertiary/aromatic N) is 3. The number of allylic oxidation sites excluding steroid dienone is 1. The summed E-state index contributed by atoms with van der Waals surface area (Å²) in [4.78, 5) is 30.6. The van der Waals surface area contributed by atoms with Crippen molar-refractivity contribution in [2.45, 2.75) is 0 Å². The van der Waals surface area contributed by atoms with Gasteiger partial charge in [-0.3, -0.25) is 0 Å². The van der Waals surface area contributed by atoms with Crippen LogP contribution in [0.25, 0.3) is 0 Å². The van der Waals surface area contributed by atoms with Crippen LogP contribution in [0.4, 0.5) is 2.66 Å². The third-order valence-electron chi connectivity index (χ3n) is 5.04. The van der Waals surface area contributed by atoms with Gasteiger partial charge in [0.25, 0.3) is 0 Å². The van der Waals surface area contributed by atoms with Crippen LogP contribution in [0.15, 0.2) is 43.7 Å². The van der Waals surface area contributed by atoms with E-state index in [0.29, 0.717) is 24.2 Å². The fraction of sp³-hybridized carbons (Fsp3) is 0.333. The van der Waals surface area contributed by atoms with Gasteiger partial charge in [-0.2, -0.15) is 0 Å². The van der Waals surface area contributed by atoms with Crippen LogP contribution in [0.5, 0.6) is 0 Å². The zero-order valence-corrected chi connectivity index (χ0v) is 17.2. The maximum atomic E-state index is 13.4. The van der Waals surface area contributed by atoms with Crippen LogP contribution < -0.4 is 0 Å². The summed E-state index contributed by atoms with van der Waals surface area (Å²) in [7, 11) is 0. The van der Waals surface area contributed by atoms with Crippen LogP contribution in [-0.4, -0.2) is 87.8 Å². The molecular formula is C18H19FInN3O2. The van der Waals surface area contributed by atoms with Gasteiger partial charge in [0.1, 0.15) is 0 Å². The van der Waals surface area contributed by atoms with E-state index < -0.39 is 22.0 Å². The monoisotopic (exact) mass is 443 g/mol. The second-order valence-electron chi connectivity index (χ2n) is 6.53. The molecule has 0 saturated carbocycles. The van der Waals surface area contributed by atoms with E-state index in [1.807, 2.05) is 9.91 Å². The molecule has 7 heteroatoms. The second kappa shape index (κ2) is 6.96. The van der Waals surface area contributed by atoms with Gasteiger partial charge in [-0.1, -0.05) is 12.1 Å². The first kappa shape index (κ1) is 16.8. The van der Waals surface area contributed by atoms with Crippen LogP contribution in [0, 0.1) is 0 Å². The van der Waals surface area contributed by atoms with Gasteiger partial charge in [0.15, 0.2) is 0 Å². The first-order chi connectivity index (χ1) is 12.1. The topological polar surface area (TPSA) is 43.9 Å². The fourth-order valence-corrected chi connectivity index (χ4v) is 6.84. The predicted molar refractivity (Wildman–Crippen MR) is 93.9 cm³/mol. The van der Waals surface area contributed by atoms with Crippen LogP contribution in [0.3, 0.4) is 0 Å². The third-order valence-corrected chi connectivity index (χ3v) is 8.52. The zero-order chi connectivity index (χ0) is 17.4. The number of carbonyl (C=O) groups is 2. The Bertz CT molecular complexity index is 736. The summed E-state index contributed by atoms with van der Waals surface area (Å²) in [6.45, 7) is 4.53. The molecule has 2 amide bonds. The Morgan fingerprint density at radius 2 is 1.60 bits per heavy atom. The van der Waals surface area contributed by atoms with Crippen LogP contribution in [-0.2, 0) is 0 Å². The molecule has 0 aliphatic carbocycles. The average Bonchev–Trinajstić information content (AvgIpc) is 3.17. The van der Waals surface area contributed by atoms with E-state index in [-0.39, 0.29) is 11.8 Å². The molecule has 0 radical (unpaired) electrons. The van der Waals surface area contributed by atoms with Gasteiger partial charge in [-0.05, 0) is 0 Å². The van der Waals surface area contributed by atoms with E-state index in [2.05, 4.69) is 9.80 Å². The molecule has 4 rings (SSSR count).